The summed E-state index contributed by atoms with van der Waals surface area (Å²) < 4.78 is 5.12. The average Bonchev–Trinajstić information content (AvgIpc) is 2.30. The van der Waals surface area contributed by atoms with Crippen LogP contribution in [-0.4, -0.2) is 43.4 Å². The summed E-state index contributed by atoms with van der Waals surface area (Å²) in [6, 6.07) is 7.99. The number of methoxy groups -OCH3 is 1. The van der Waals surface area contributed by atoms with Crippen molar-refractivity contribution in [3.63, 3.8) is 0 Å². The van der Waals surface area contributed by atoms with Gasteiger partial charge in [-0.05, 0) is 31.7 Å². The van der Waals surface area contributed by atoms with Crippen molar-refractivity contribution in [1.82, 2.24) is 4.90 Å². The third-order valence-electron chi connectivity index (χ3n) is 2.81. The number of hydrogen-bond donors (Lipinski definition) is 2. The van der Waals surface area contributed by atoms with Gasteiger partial charge in [-0.25, -0.2) is 0 Å². The Balaban J connectivity index is 2.77. The molecule has 0 amide bonds. The predicted molar refractivity (Wildman–Crippen MR) is 69.1 cm³/mol. The van der Waals surface area contributed by atoms with E-state index in [1.54, 1.807) is 14.0 Å². The van der Waals surface area contributed by atoms with E-state index in [9.17, 15) is 5.11 Å². The highest BCUT2D eigenvalue weighted by molar-refractivity contribution is 5.29. The molecule has 2 atom stereocenters. The second kappa shape index (κ2) is 6.59. The van der Waals surface area contributed by atoms with Crippen LogP contribution in [0.3, 0.4) is 0 Å². The predicted octanol–water partition coefficient (Wildman–Crippen LogP) is 1.01. The molecule has 0 fully saturated rings. The monoisotopic (exact) mass is 238 g/mol. The normalized spacial score (nSPS) is 14.7. The first kappa shape index (κ1) is 14.0. The Hall–Kier alpha value is -1.10. The van der Waals surface area contributed by atoms with Gasteiger partial charge >= 0.3 is 0 Å². The number of aliphatic hydroxyl groups excluding tert-OH is 1. The zero-order chi connectivity index (χ0) is 12.8. The van der Waals surface area contributed by atoms with Crippen molar-refractivity contribution in [2.24, 2.45) is 5.73 Å². The Morgan fingerprint density at radius 2 is 1.94 bits per heavy atom. The first-order valence-corrected chi connectivity index (χ1v) is 5.80. The minimum Gasteiger partial charge on any atom is -0.497 e. The molecular weight excluding hydrogens is 216 g/mol. The smallest absolute Gasteiger partial charge is 0.118 e. The molecule has 1 aromatic rings. The van der Waals surface area contributed by atoms with Gasteiger partial charge in [0.15, 0.2) is 0 Å². The van der Waals surface area contributed by atoms with Crippen molar-refractivity contribution in [3.8, 4) is 5.75 Å². The highest BCUT2D eigenvalue weighted by Gasteiger charge is 2.16. The van der Waals surface area contributed by atoms with Crippen LogP contribution in [0.2, 0.25) is 0 Å². The standard InChI is InChI=1S/C13H22N2O2/c1-10(16)9-15(2)13(8-14)11-4-6-12(17-3)7-5-11/h4-7,10,13,16H,8-9,14H2,1-3H3. The lowest BCUT2D eigenvalue weighted by atomic mass is 10.1. The molecule has 0 saturated carbocycles. The molecule has 4 nitrogen and oxygen atoms in total. The third kappa shape index (κ3) is 4.00. The highest BCUT2D eigenvalue weighted by Crippen LogP contribution is 2.21. The second-order valence-corrected chi connectivity index (χ2v) is 4.31. The van der Waals surface area contributed by atoms with E-state index < -0.39 is 0 Å². The lowest BCUT2D eigenvalue weighted by Crippen LogP contribution is -2.35. The van der Waals surface area contributed by atoms with E-state index in [1.165, 1.54) is 0 Å². The van der Waals surface area contributed by atoms with Crippen LogP contribution in [0.4, 0.5) is 0 Å². The number of likely N-dealkylation sites (N-methyl/N-ethyl adjacent to an activating group) is 1. The summed E-state index contributed by atoms with van der Waals surface area (Å²) in [4.78, 5) is 2.06. The molecule has 3 N–H and O–H groups in total. The molecule has 0 aliphatic carbocycles. The molecule has 2 unspecified atom stereocenters. The Morgan fingerprint density at radius 1 is 1.35 bits per heavy atom. The minimum atomic E-state index is -0.354. The number of nitrogens with two attached hydrogens (primary N) is 1. The highest BCUT2D eigenvalue weighted by atomic mass is 16.5. The van der Waals surface area contributed by atoms with Crippen LogP contribution in [0.15, 0.2) is 24.3 Å². The van der Waals surface area contributed by atoms with Crippen LogP contribution in [-0.2, 0) is 0 Å². The Morgan fingerprint density at radius 3 is 2.35 bits per heavy atom. The maximum atomic E-state index is 9.39. The molecule has 0 aromatic heterocycles. The lowest BCUT2D eigenvalue weighted by molar-refractivity contribution is 0.119. The maximum absolute atomic E-state index is 9.39. The average molecular weight is 238 g/mol. The fourth-order valence-electron chi connectivity index (χ4n) is 1.94. The minimum absolute atomic E-state index is 0.121. The fraction of sp³-hybridized carbons (Fsp3) is 0.538. The molecule has 0 bridgehead atoms. The molecule has 0 aliphatic rings. The summed E-state index contributed by atoms with van der Waals surface area (Å²) >= 11 is 0. The van der Waals surface area contributed by atoms with Gasteiger partial charge in [0.25, 0.3) is 0 Å². The van der Waals surface area contributed by atoms with E-state index >= 15 is 0 Å². The van der Waals surface area contributed by atoms with Crippen molar-refractivity contribution in [1.29, 1.82) is 0 Å². The van der Waals surface area contributed by atoms with Crippen LogP contribution < -0.4 is 10.5 Å². The summed E-state index contributed by atoms with van der Waals surface area (Å²) in [6.07, 6.45) is -0.354. The number of aliphatic hydroxyl groups is 1. The molecule has 1 aromatic carbocycles. The molecule has 4 heteroatoms. The third-order valence-corrected chi connectivity index (χ3v) is 2.81. The van der Waals surface area contributed by atoms with Crippen LogP contribution in [0.5, 0.6) is 5.75 Å². The molecule has 0 heterocycles. The summed E-state index contributed by atoms with van der Waals surface area (Å²) in [5, 5.41) is 9.39. The van der Waals surface area contributed by atoms with E-state index in [0.717, 1.165) is 11.3 Å². The van der Waals surface area contributed by atoms with Crippen LogP contribution in [0.1, 0.15) is 18.5 Å². The van der Waals surface area contributed by atoms with Crippen molar-refractivity contribution >= 4 is 0 Å². The van der Waals surface area contributed by atoms with Gasteiger partial charge in [0.05, 0.1) is 13.2 Å². The van der Waals surface area contributed by atoms with Gasteiger partial charge in [-0.2, -0.15) is 0 Å². The van der Waals surface area contributed by atoms with Crippen molar-refractivity contribution < 1.29 is 9.84 Å². The summed E-state index contributed by atoms with van der Waals surface area (Å²) in [7, 11) is 3.61. The summed E-state index contributed by atoms with van der Waals surface area (Å²) in [6.45, 7) is 2.90. The van der Waals surface area contributed by atoms with Gasteiger partial charge in [0.2, 0.25) is 0 Å². The van der Waals surface area contributed by atoms with Crippen molar-refractivity contribution in [2.45, 2.75) is 19.1 Å². The van der Waals surface area contributed by atoms with E-state index in [1.807, 2.05) is 31.3 Å². The van der Waals surface area contributed by atoms with Gasteiger partial charge < -0.3 is 15.6 Å². The van der Waals surface area contributed by atoms with Crippen molar-refractivity contribution in [3.05, 3.63) is 29.8 Å². The first-order chi connectivity index (χ1) is 8.08. The van der Waals surface area contributed by atoms with Crippen LogP contribution in [0.25, 0.3) is 0 Å². The molecule has 96 valence electrons. The number of nitrogens with zero attached hydrogens (tertiary/aromatic N) is 1. The first-order valence-electron chi connectivity index (χ1n) is 5.80. The summed E-state index contributed by atoms with van der Waals surface area (Å²) in [5.41, 5.74) is 6.93. The Bertz CT molecular complexity index is 325. The van der Waals surface area contributed by atoms with Gasteiger partial charge in [0, 0.05) is 19.1 Å². The number of ether oxygens (including phenoxy) is 1. The Labute approximate surface area is 103 Å². The largest absolute Gasteiger partial charge is 0.497 e. The zero-order valence-electron chi connectivity index (χ0n) is 10.8. The quantitative estimate of drug-likeness (QED) is 0.776. The molecule has 1 rings (SSSR count). The van der Waals surface area contributed by atoms with E-state index in [4.69, 9.17) is 10.5 Å². The number of benzene rings is 1. The molecule has 0 spiro atoms. The van der Waals surface area contributed by atoms with Gasteiger partial charge in [-0.3, -0.25) is 4.90 Å². The van der Waals surface area contributed by atoms with Crippen LogP contribution >= 0.6 is 0 Å². The lowest BCUT2D eigenvalue weighted by Gasteiger charge is -2.28. The topological polar surface area (TPSA) is 58.7 Å². The van der Waals surface area contributed by atoms with Crippen LogP contribution in [0, 0.1) is 0 Å². The van der Waals surface area contributed by atoms with E-state index in [-0.39, 0.29) is 12.1 Å². The fourth-order valence-corrected chi connectivity index (χ4v) is 1.94. The second-order valence-electron chi connectivity index (χ2n) is 4.31. The number of hydrogen-bond acceptors (Lipinski definition) is 4. The van der Waals surface area contributed by atoms with Gasteiger partial charge in [-0.1, -0.05) is 12.1 Å². The number of rotatable bonds is 6. The van der Waals surface area contributed by atoms with Gasteiger partial charge in [0.1, 0.15) is 5.75 Å². The van der Waals surface area contributed by atoms with Crippen molar-refractivity contribution in [2.75, 3.05) is 27.2 Å². The summed E-state index contributed by atoms with van der Waals surface area (Å²) in [5.74, 6) is 0.836. The molecule has 17 heavy (non-hydrogen) atoms. The Kier molecular flexibility index (Phi) is 5.41. The SMILES string of the molecule is COc1ccc(C(CN)N(C)CC(C)O)cc1. The molecule has 0 radical (unpaired) electrons. The molecular formula is C13H22N2O2. The van der Waals surface area contributed by atoms with E-state index in [2.05, 4.69) is 4.90 Å². The molecule has 0 saturated heterocycles. The van der Waals surface area contributed by atoms with Gasteiger partial charge in [-0.15, -0.1) is 0 Å². The zero-order valence-corrected chi connectivity index (χ0v) is 10.8. The molecule has 0 aliphatic heterocycles. The maximum Gasteiger partial charge on any atom is 0.118 e. The van der Waals surface area contributed by atoms with E-state index in [0.29, 0.717) is 13.1 Å².